The van der Waals surface area contributed by atoms with E-state index in [9.17, 15) is 14.0 Å². The van der Waals surface area contributed by atoms with Crippen LogP contribution in [-0.2, 0) is 11.2 Å². The lowest BCUT2D eigenvalue weighted by Gasteiger charge is -2.39. The molecule has 0 aromatic heterocycles. The molecule has 2 saturated heterocycles. The van der Waals surface area contributed by atoms with Crippen LogP contribution in [0.2, 0.25) is 0 Å². The third kappa shape index (κ3) is 4.23. The summed E-state index contributed by atoms with van der Waals surface area (Å²) in [6.45, 7) is 1.09. The highest BCUT2D eigenvalue weighted by Crippen LogP contribution is 2.28. The predicted molar refractivity (Wildman–Crippen MR) is 110 cm³/mol. The molecular formula is C22H25FN4O3. The van der Waals surface area contributed by atoms with Crippen molar-refractivity contribution >= 4 is 17.6 Å². The molecule has 0 saturated carbocycles. The number of carbonyl (C=O) groups excluding carboxylic acids is 2. The van der Waals surface area contributed by atoms with E-state index in [1.807, 2.05) is 29.2 Å². The zero-order valence-electron chi connectivity index (χ0n) is 16.9. The molecule has 3 amide bonds. The Morgan fingerprint density at radius 1 is 1.17 bits per heavy atom. The summed E-state index contributed by atoms with van der Waals surface area (Å²) >= 11 is 0. The van der Waals surface area contributed by atoms with Crippen LogP contribution in [-0.4, -0.2) is 42.7 Å². The van der Waals surface area contributed by atoms with Gasteiger partial charge in [-0.15, -0.1) is 0 Å². The summed E-state index contributed by atoms with van der Waals surface area (Å²) in [5.74, 6) is 0.497. The fourth-order valence-corrected chi connectivity index (χ4v) is 3.93. The average Bonchev–Trinajstić information content (AvgIpc) is 3.08. The third-order valence-corrected chi connectivity index (χ3v) is 5.70. The van der Waals surface area contributed by atoms with Crippen LogP contribution in [0.3, 0.4) is 0 Å². The van der Waals surface area contributed by atoms with Gasteiger partial charge < -0.3 is 15.0 Å². The Kier molecular flexibility index (Phi) is 5.59. The van der Waals surface area contributed by atoms with Crippen LogP contribution in [0.15, 0.2) is 48.5 Å². The number of hydrogen-bond donors (Lipinski definition) is 2. The molecule has 0 radical (unpaired) electrons. The highest BCUT2D eigenvalue weighted by molar-refractivity contribution is 5.93. The average molecular weight is 412 g/mol. The van der Waals surface area contributed by atoms with E-state index in [0.717, 1.165) is 11.3 Å². The van der Waals surface area contributed by atoms with E-state index in [0.29, 0.717) is 44.5 Å². The maximum atomic E-state index is 13.5. The summed E-state index contributed by atoms with van der Waals surface area (Å²) < 4.78 is 18.7. The summed E-state index contributed by atoms with van der Waals surface area (Å²) in [5, 5.41) is 4.31. The molecule has 2 fully saturated rings. The molecule has 0 bridgehead atoms. The first kappa shape index (κ1) is 20.2. The van der Waals surface area contributed by atoms with Crippen molar-refractivity contribution in [3.05, 3.63) is 59.9 Å². The van der Waals surface area contributed by atoms with E-state index < -0.39 is 11.5 Å². The normalized spacial score (nSPS) is 17.9. The Balaban J connectivity index is 1.31. The minimum absolute atomic E-state index is 0.104. The SMILES string of the molecule is COc1ccc(CCC(=O)N2CCC3(CC2)NC(=O)N(c2cccc(F)c2)N3)cc1. The van der Waals surface area contributed by atoms with Gasteiger partial charge in [-0.25, -0.2) is 19.6 Å². The molecule has 2 aromatic carbocycles. The fourth-order valence-electron chi connectivity index (χ4n) is 3.93. The van der Waals surface area contributed by atoms with Crippen molar-refractivity contribution in [2.45, 2.75) is 31.3 Å². The summed E-state index contributed by atoms with van der Waals surface area (Å²) in [5.41, 5.74) is 4.11. The molecule has 2 N–H and O–H groups in total. The van der Waals surface area contributed by atoms with Crippen LogP contribution < -0.4 is 20.5 Å². The molecule has 7 nitrogen and oxygen atoms in total. The summed E-state index contributed by atoms with van der Waals surface area (Å²) in [4.78, 5) is 26.9. The number of likely N-dealkylation sites (tertiary alicyclic amines) is 1. The number of methoxy groups -OCH3 is 1. The van der Waals surface area contributed by atoms with Crippen LogP contribution >= 0.6 is 0 Å². The summed E-state index contributed by atoms with van der Waals surface area (Å²) in [7, 11) is 1.63. The maximum Gasteiger partial charge on any atom is 0.338 e. The zero-order valence-corrected chi connectivity index (χ0v) is 16.9. The molecule has 30 heavy (non-hydrogen) atoms. The van der Waals surface area contributed by atoms with E-state index >= 15 is 0 Å². The van der Waals surface area contributed by atoms with E-state index in [4.69, 9.17) is 4.74 Å². The lowest BCUT2D eigenvalue weighted by atomic mass is 9.97. The molecule has 0 atom stereocenters. The Hall–Kier alpha value is -3.13. The predicted octanol–water partition coefficient (Wildman–Crippen LogP) is 2.82. The van der Waals surface area contributed by atoms with Gasteiger partial charge >= 0.3 is 6.03 Å². The van der Waals surface area contributed by atoms with Crippen LogP contribution in [0.4, 0.5) is 14.9 Å². The van der Waals surface area contributed by atoms with Crippen molar-refractivity contribution in [3.63, 3.8) is 0 Å². The minimum Gasteiger partial charge on any atom is -0.497 e. The van der Waals surface area contributed by atoms with Gasteiger partial charge in [-0.2, -0.15) is 0 Å². The van der Waals surface area contributed by atoms with Gasteiger partial charge in [-0.3, -0.25) is 4.79 Å². The first-order valence-corrected chi connectivity index (χ1v) is 10.0. The number of aryl methyl sites for hydroxylation is 1. The second kappa shape index (κ2) is 8.31. The van der Waals surface area contributed by atoms with Crippen molar-refractivity contribution in [2.75, 3.05) is 25.2 Å². The van der Waals surface area contributed by atoms with Crippen molar-refractivity contribution in [3.8, 4) is 5.75 Å². The number of urea groups is 1. The number of halogens is 1. The van der Waals surface area contributed by atoms with Crippen molar-refractivity contribution in [1.29, 1.82) is 0 Å². The van der Waals surface area contributed by atoms with Gasteiger partial charge in [0.1, 0.15) is 17.2 Å². The van der Waals surface area contributed by atoms with Crippen LogP contribution in [0.25, 0.3) is 0 Å². The van der Waals surface area contributed by atoms with E-state index in [1.165, 1.54) is 17.1 Å². The van der Waals surface area contributed by atoms with E-state index in [-0.39, 0.29) is 11.9 Å². The molecule has 8 heteroatoms. The third-order valence-electron chi connectivity index (χ3n) is 5.70. The Morgan fingerprint density at radius 2 is 1.90 bits per heavy atom. The molecule has 2 aliphatic rings. The van der Waals surface area contributed by atoms with Gasteiger partial charge in [0, 0.05) is 32.4 Å². The van der Waals surface area contributed by atoms with Crippen LogP contribution in [0.1, 0.15) is 24.8 Å². The van der Waals surface area contributed by atoms with E-state index in [1.54, 1.807) is 19.2 Å². The smallest absolute Gasteiger partial charge is 0.338 e. The summed E-state index contributed by atoms with van der Waals surface area (Å²) in [6, 6.07) is 13.3. The topological polar surface area (TPSA) is 73.9 Å². The van der Waals surface area contributed by atoms with Gasteiger partial charge in [-0.05, 0) is 42.3 Å². The molecular weight excluding hydrogens is 387 g/mol. The number of rotatable bonds is 5. The molecule has 4 rings (SSSR count). The molecule has 2 aromatic rings. The molecule has 0 unspecified atom stereocenters. The van der Waals surface area contributed by atoms with Gasteiger partial charge in [0.25, 0.3) is 0 Å². The second-order valence-corrected chi connectivity index (χ2v) is 7.67. The minimum atomic E-state index is -0.615. The van der Waals surface area contributed by atoms with Crippen molar-refractivity contribution in [2.24, 2.45) is 0 Å². The largest absolute Gasteiger partial charge is 0.497 e. The molecule has 0 aliphatic carbocycles. The van der Waals surface area contributed by atoms with Crippen LogP contribution in [0, 0.1) is 5.82 Å². The van der Waals surface area contributed by atoms with Gasteiger partial charge in [0.15, 0.2) is 0 Å². The molecule has 158 valence electrons. The van der Waals surface area contributed by atoms with Gasteiger partial charge in [0.05, 0.1) is 12.8 Å². The zero-order chi connectivity index (χ0) is 21.1. The molecule has 2 heterocycles. The lowest BCUT2D eigenvalue weighted by molar-refractivity contribution is -0.132. The Bertz CT molecular complexity index is 926. The number of amides is 3. The van der Waals surface area contributed by atoms with Gasteiger partial charge in [0.2, 0.25) is 5.91 Å². The number of ether oxygens (including phenoxy) is 1. The highest BCUT2D eigenvalue weighted by Gasteiger charge is 2.45. The van der Waals surface area contributed by atoms with Gasteiger partial charge in [-0.1, -0.05) is 18.2 Å². The standard InChI is InChI=1S/C22H25FN4O3/c1-30-19-8-5-16(6-9-19)7-10-20(28)26-13-11-22(12-14-26)24-21(29)27(25-22)18-4-2-3-17(23)15-18/h2-6,8-9,15,25H,7,10-14H2,1H3,(H,24,29). The maximum absolute atomic E-state index is 13.5. The number of benzene rings is 2. The second-order valence-electron chi connectivity index (χ2n) is 7.67. The van der Waals surface area contributed by atoms with Crippen LogP contribution in [0.5, 0.6) is 5.75 Å². The molecule has 2 aliphatic heterocycles. The van der Waals surface area contributed by atoms with Crippen molar-refractivity contribution in [1.82, 2.24) is 15.6 Å². The number of nitrogens with one attached hydrogen (secondary N) is 2. The summed E-state index contributed by atoms with van der Waals surface area (Å²) in [6.07, 6.45) is 2.28. The number of hydrazine groups is 1. The number of hydrogen-bond acceptors (Lipinski definition) is 4. The fraction of sp³-hybridized carbons (Fsp3) is 0.364. The Labute approximate surface area is 174 Å². The number of carbonyl (C=O) groups is 2. The number of anilines is 1. The number of nitrogens with zero attached hydrogens (tertiary/aromatic N) is 2. The first-order valence-electron chi connectivity index (χ1n) is 10.0. The first-order chi connectivity index (χ1) is 14.5. The molecule has 1 spiro atoms. The van der Waals surface area contributed by atoms with Crippen molar-refractivity contribution < 1.29 is 18.7 Å². The number of piperidine rings is 1. The highest BCUT2D eigenvalue weighted by atomic mass is 19.1. The van der Waals surface area contributed by atoms with E-state index in [2.05, 4.69) is 10.7 Å². The Morgan fingerprint density at radius 3 is 2.57 bits per heavy atom. The lowest BCUT2D eigenvalue weighted by Crippen LogP contribution is -2.58. The monoisotopic (exact) mass is 412 g/mol. The quantitative estimate of drug-likeness (QED) is 0.792.